The van der Waals surface area contributed by atoms with Crippen LogP contribution in [0, 0.1) is 0 Å². The third kappa shape index (κ3) is 4.80. The van der Waals surface area contributed by atoms with Crippen molar-refractivity contribution < 1.29 is 9.53 Å². The maximum atomic E-state index is 12.4. The number of methoxy groups -OCH3 is 1. The van der Waals surface area contributed by atoms with E-state index in [1.165, 1.54) is 11.3 Å². The van der Waals surface area contributed by atoms with E-state index in [-0.39, 0.29) is 17.5 Å². The Balaban J connectivity index is 1.95. The van der Waals surface area contributed by atoms with Gasteiger partial charge in [0, 0.05) is 31.5 Å². The van der Waals surface area contributed by atoms with Crippen LogP contribution in [0.5, 0.6) is 0 Å². The summed E-state index contributed by atoms with van der Waals surface area (Å²) in [5, 5.41) is 7.77. The summed E-state index contributed by atoms with van der Waals surface area (Å²) in [5.41, 5.74) is 2.43. The minimum atomic E-state index is -0.0267. The van der Waals surface area contributed by atoms with Crippen LogP contribution in [-0.4, -0.2) is 54.4 Å². The third-order valence-corrected chi connectivity index (χ3v) is 4.46. The molecular formula is C18H32N4O2. The summed E-state index contributed by atoms with van der Waals surface area (Å²) in [7, 11) is 3.67. The number of aromatic nitrogens is 2. The Hall–Kier alpha value is -1.40. The van der Waals surface area contributed by atoms with Gasteiger partial charge in [-0.15, -0.1) is 0 Å². The van der Waals surface area contributed by atoms with Crippen LogP contribution in [0.1, 0.15) is 57.3 Å². The van der Waals surface area contributed by atoms with Crippen molar-refractivity contribution in [1.29, 1.82) is 0 Å². The first-order valence-corrected chi connectivity index (χ1v) is 8.87. The number of nitrogens with zero attached hydrogens (tertiary/aromatic N) is 3. The van der Waals surface area contributed by atoms with Gasteiger partial charge in [0.25, 0.3) is 0 Å². The van der Waals surface area contributed by atoms with Crippen LogP contribution in [-0.2, 0) is 21.5 Å². The van der Waals surface area contributed by atoms with E-state index in [4.69, 9.17) is 4.74 Å². The van der Waals surface area contributed by atoms with Crippen molar-refractivity contribution in [1.82, 2.24) is 20.0 Å². The molecule has 0 bridgehead atoms. The fraction of sp³-hybridized carbons (Fsp3) is 0.778. The molecule has 0 aliphatic heterocycles. The van der Waals surface area contributed by atoms with Crippen molar-refractivity contribution in [2.45, 2.75) is 58.0 Å². The third-order valence-electron chi connectivity index (χ3n) is 4.46. The monoisotopic (exact) mass is 336 g/mol. The Labute approximate surface area is 145 Å². The Bertz CT molecular complexity index is 548. The molecule has 1 aromatic rings. The number of carbonyl (C=O) groups is 1. The minimum absolute atomic E-state index is 0.0267. The highest BCUT2D eigenvalue weighted by Gasteiger charge is 2.28. The number of hydrogen-bond donors (Lipinski definition) is 1. The summed E-state index contributed by atoms with van der Waals surface area (Å²) >= 11 is 0. The fourth-order valence-electron chi connectivity index (χ4n) is 3.33. The van der Waals surface area contributed by atoms with Crippen molar-refractivity contribution in [3.63, 3.8) is 0 Å². The van der Waals surface area contributed by atoms with Crippen LogP contribution >= 0.6 is 0 Å². The molecule has 0 saturated carbocycles. The van der Waals surface area contributed by atoms with Crippen LogP contribution in [0.25, 0.3) is 0 Å². The van der Waals surface area contributed by atoms with Crippen LogP contribution in [0.15, 0.2) is 6.20 Å². The standard InChI is InChI=1S/C18H32N4O2/c1-18(2,3)22-16-9-6-8-15(14(16)12-19-22)20-17(23)13-21(4)10-7-11-24-5/h12,15H,6-11,13H2,1-5H3,(H,20,23). The summed E-state index contributed by atoms with van der Waals surface area (Å²) in [5.74, 6) is 0.0799. The molecule has 0 radical (unpaired) electrons. The molecule has 136 valence electrons. The summed E-state index contributed by atoms with van der Waals surface area (Å²) < 4.78 is 7.16. The quantitative estimate of drug-likeness (QED) is 0.775. The van der Waals surface area contributed by atoms with Gasteiger partial charge in [0.2, 0.25) is 5.91 Å². The number of carbonyl (C=O) groups excluding carboxylic acids is 1. The summed E-state index contributed by atoms with van der Waals surface area (Å²) in [6.45, 7) is 8.50. The first-order chi connectivity index (χ1) is 11.3. The summed E-state index contributed by atoms with van der Waals surface area (Å²) in [6.07, 6.45) is 5.99. The molecule has 1 N–H and O–H groups in total. The molecule has 24 heavy (non-hydrogen) atoms. The molecule has 2 rings (SSSR count). The van der Waals surface area contributed by atoms with Gasteiger partial charge in [-0.2, -0.15) is 5.10 Å². The molecule has 0 aromatic carbocycles. The fourth-order valence-corrected chi connectivity index (χ4v) is 3.33. The smallest absolute Gasteiger partial charge is 0.234 e. The molecule has 1 aliphatic carbocycles. The second kappa shape index (κ2) is 8.12. The zero-order chi connectivity index (χ0) is 17.7. The Morgan fingerprint density at radius 2 is 2.25 bits per heavy atom. The predicted molar refractivity (Wildman–Crippen MR) is 95.0 cm³/mol. The Morgan fingerprint density at radius 1 is 1.50 bits per heavy atom. The lowest BCUT2D eigenvalue weighted by Gasteiger charge is -2.28. The van der Waals surface area contributed by atoms with E-state index in [0.29, 0.717) is 6.54 Å². The first-order valence-electron chi connectivity index (χ1n) is 8.87. The second-order valence-electron chi connectivity index (χ2n) is 7.73. The van der Waals surface area contributed by atoms with Gasteiger partial charge in [-0.1, -0.05) is 0 Å². The molecule has 0 spiro atoms. The number of amides is 1. The van der Waals surface area contributed by atoms with Gasteiger partial charge < -0.3 is 10.1 Å². The van der Waals surface area contributed by atoms with E-state index < -0.39 is 0 Å². The SMILES string of the molecule is COCCCN(C)CC(=O)NC1CCCc2c1cnn2C(C)(C)C. The number of nitrogens with one attached hydrogen (secondary N) is 1. The maximum absolute atomic E-state index is 12.4. The van der Waals surface area contributed by atoms with Gasteiger partial charge in [-0.05, 0) is 53.5 Å². The first kappa shape index (κ1) is 18.9. The van der Waals surface area contributed by atoms with Crippen LogP contribution in [0.2, 0.25) is 0 Å². The zero-order valence-corrected chi connectivity index (χ0v) is 15.8. The van der Waals surface area contributed by atoms with E-state index >= 15 is 0 Å². The van der Waals surface area contributed by atoms with Gasteiger partial charge in [0.1, 0.15) is 0 Å². The van der Waals surface area contributed by atoms with E-state index in [9.17, 15) is 4.79 Å². The van der Waals surface area contributed by atoms with E-state index in [1.54, 1.807) is 7.11 Å². The highest BCUT2D eigenvalue weighted by atomic mass is 16.5. The second-order valence-corrected chi connectivity index (χ2v) is 7.73. The molecule has 0 saturated heterocycles. The van der Waals surface area contributed by atoms with Crippen molar-refractivity contribution >= 4 is 5.91 Å². The van der Waals surface area contributed by atoms with E-state index in [2.05, 4.69) is 35.9 Å². The van der Waals surface area contributed by atoms with Gasteiger partial charge in [-0.3, -0.25) is 14.4 Å². The zero-order valence-electron chi connectivity index (χ0n) is 15.8. The highest BCUT2D eigenvalue weighted by molar-refractivity contribution is 5.78. The van der Waals surface area contributed by atoms with Gasteiger partial charge in [0.05, 0.1) is 24.3 Å². The van der Waals surface area contributed by atoms with E-state index in [1.807, 2.05) is 18.1 Å². The molecule has 1 atom stereocenters. The summed E-state index contributed by atoms with van der Waals surface area (Å²) in [6, 6.07) is 0.0877. The molecule has 1 heterocycles. The average molecular weight is 336 g/mol. The van der Waals surface area contributed by atoms with Crippen molar-refractivity contribution in [3.8, 4) is 0 Å². The topological polar surface area (TPSA) is 59.4 Å². The Morgan fingerprint density at radius 3 is 2.92 bits per heavy atom. The van der Waals surface area contributed by atoms with Crippen molar-refractivity contribution in [3.05, 3.63) is 17.5 Å². The molecule has 6 nitrogen and oxygen atoms in total. The molecule has 0 fully saturated rings. The maximum Gasteiger partial charge on any atom is 0.234 e. The molecule has 1 aromatic heterocycles. The van der Waals surface area contributed by atoms with Crippen molar-refractivity contribution in [2.24, 2.45) is 0 Å². The molecule has 1 amide bonds. The largest absolute Gasteiger partial charge is 0.385 e. The number of likely N-dealkylation sites (N-methyl/N-ethyl adjacent to an activating group) is 1. The number of hydrogen-bond acceptors (Lipinski definition) is 4. The average Bonchev–Trinajstić information content (AvgIpc) is 2.92. The molecular weight excluding hydrogens is 304 g/mol. The van der Waals surface area contributed by atoms with Crippen LogP contribution in [0.3, 0.4) is 0 Å². The van der Waals surface area contributed by atoms with Gasteiger partial charge in [-0.25, -0.2) is 0 Å². The van der Waals surface area contributed by atoms with Crippen LogP contribution < -0.4 is 5.32 Å². The molecule has 6 heteroatoms. The van der Waals surface area contributed by atoms with Crippen LogP contribution in [0.4, 0.5) is 0 Å². The predicted octanol–water partition coefficient (Wildman–Crippen LogP) is 2.10. The lowest BCUT2D eigenvalue weighted by Crippen LogP contribution is -2.39. The van der Waals surface area contributed by atoms with Crippen molar-refractivity contribution in [2.75, 3.05) is 33.9 Å². The molecule has 1 aliphatic rings. The van der Waals surface area contributed by atoms with Gasteiger partial charge >= 0.3 is 0 Å². The van der Waals surface area contributed by atoms with E-state index in [0.717, 1.165) is 38.8 Å². The normalized spacial score (nSPS) is 17.8. The lowest BCUT2D eigenvalue weighted by molar-refractivity contribution is -0.122. The number of rotatable bonds is 7. The number of fused-ring (bicyclic) bond motifs is 1. The minimum Gasteiger partial charge on any atom is -0.385 e. The van der Waals surface area contributed by atoms with Gasteiger partial charge in [0.15, 0.2) is 0 Å². The molecule has 1 unspecified atom stereocenters. The lowest BCUT2D eigenvalue weighted by atomic mass is 9.92. The Kier molecular flexibility index (Phi) is 6.40. The summed E-state index contributed by atoms with van der Waals surface area (Å²) in [4.78, 5) is 14.4. The number of ether oxygens (including phenoxy) is 1. The highest BCUT2D eigenvalue weighted by Crippen LogP contribution is 2.32.